The molecule has 3 rings (SSSR count). The third kappa shape index (κ3) is 6.64. The largest absolute Gasteiger partial charge is 0.493 e. The van der Waals surface area contributed by atoms with Crippen LogP contribution in [-0.4, -0.2) is 35.6 Å². The molecule has 0 aliphatic rings. The van der Waals surface area contributed by atoms with Crippen LogP contribution in [0.1, 0.15) is 12.3 Å². The number of hydrogen-bond donors (Lipinski definition) is 0. The average molecular weight is 454 g/mol. The summed E-state index contributed by atoms with van der Waals surface area (Å²) >= 11 is 1.40. The van der Waals surface area contributed by atoms with Gasteiger partial charge in [0.25, 0.3) is 5.89 Å². The van der Waals surface area contributed by atoms with Crippen LogP contribution in [0.3, 0.4) is 0 Å². The highest BCUT2D eigenvalue weighted by Crippen LogP contribution is 2.32. The number of benzene rings is 2. The van der Waals surface area contributed by atoms with Crippen LogP contribution in [0.4, 0.5) is 13.2 Å². The normalized spacial score (nSPS) is 10.9. The molecule has 0 spiro atoms. The highest BCUT2D eigenvalue weighted by atomic mass is 32.2. The zero-order valence-electron chi connectivity index (χ0n) is 16.2. The lowest BCUT2D eigenvalue weighted by Gasteiger charge is -2.10. The molecule has 11 heteroatoms. The number of ether oxygens (including phenoxy) is 3. The van der Waals surface area contributed by atoms with E-state index in [-0.39, 0.29) is 42.1 Å². The van der Waals surface area contributed by atoms with Gasteiger partial charge in [0.2, 0.25) is 5.82 Å². The molecule has 0 N–H and O–H groups in total. The summed E-state index contributed by atoms with van der Waals surface area (Å²) in [5.41, 5.74) is 0.440. The number of carbonyl (C=O) groups is 1. The number of hydrogen-bond acceptors (Lipinski definition) is 8. The van der Waals surface area contributed by atoms with Gasteiger partial charge in [-0.3, -0.25) is 4.79 Å². The predicted octanol–water partition coefficient (Wildman–Crippen LogP) is 4.71. The van der Waals surface area contributed by atoms with Gasteiger partial charge in [0, 0.05) is 16.2 Å². The fraction of sp³-hybridized carbons (Fsp3) is 0.250. The Morgan fingerprint density at radius 3 is 2.65 bits per heavy atom. The van der Waals surface area contributed by atoms with Gasteiger partial charge in [0.15, 0.2) is 18.1 Å². The molecule has 3 aromatic rings. The monoisotopic (exact) mass is 454 g/mol. The molecule has 164 valence electrons. The maximum Gasteiger partial charge on any atom is 0.387 e. The van der Waals surface area contributed by atoms with Gasteiger partial charge < -0.3 is 18.7 Å². The Labute approximate surface area is 179 Å². The summed E-state index contributed by atoms with van der Waals surface area (Å²) in [5.74, 6) is -0.122. The van der Waals surface area contributed by atoms with Gasteiger partial charge in [-0.2, -0.15) is 13.8 Å². The van der Waals surface area contributed by atoms with Crippen molar-refractivity contribution in [3.05, 3.63) is 54.2 Å². The molecule has 1 heterocycles. The molecule has 1 aromatic heterocycles. The van der Waals surface area contributed by atoms with E-state index < -0.39 is 12.6 Å². The van der Waals surface area contributed by atoms with Crippen LogP contribution < -0.4 is 9.47 Å². The van der Waals surface area contributed by atoms with Crippen LogP contribution in [0.2, 0.25) is 0 Å². The third-order valence-electron chi connectivity index (χ3n) is 3.85. The van der Waals surface area contributed by atoms with Gasteiger partial charge in [-0.15, -0.1) is 11.8 Å². The number of alkyl halides is 2. The zero-order valence-corrected chi connectivity index (χ0v) is 17.0. The van der Waals surface area contributed by atoms with E-state index in [0.717, 1.165) is 4.90 Å². The second-order valence-corrected chi connectivity index (χ2v) is 7.14. The molecule has 0 saturated carbocycles. The SMILES string of the molecule is COc1cc(-c2noc(COC(=O)CCSc3ccc(F)cc3)n2)ccc1OC(F)F. The van der Waals surface area contributed by atoms with Crippen molar-refractivity contribution in [3.63, 3.8) is 0 Å². The van der Waals surface area contributed by atoms with Gasteiger partial charge in [-0.25, -0.2) is 4.39 Å². The second kappa shape index (κ2) is 10.7. The lowest BCUT2D eigenvalue weighted by Crippen LogP contribution is -2.05. The molecule has 0 radical (unpaired) electrons. The van der Waals surface area contributed by atoms with Crippen molar-refractivity contribution in [2.24, 2.45) is 0 Å². The maximum absolute atomic E-state index is 12.9. The molecule has 0 aliphatic carbocycles. The van der Waals surface area contributed by atoms with Crippen molar-refractivity contribution in [2.45, 2.75) is 24.5 Å². The van der Waals surface area contributed by atoms with Crippen molar-refractivity contribution in [1.82, 2.24) is 10.1 Å². The molecule has 2 aromatic carbocycles. The Kier molecular flexibility index (Phi) is 7.76. The molecular formula is C20H17F3N2O5S. The number of esters is 1. The van der Waals surface area contributed by atoms with E-state index in [2.05, 4.69) is 14.9 Å². The second-order valence-electron chi connectivity index (χ2n) is 5.97. The number of thioether (sulfide) groups is 1. The van der Waals surface area contributed by atoms with Crippen molar-refractivity contribution >= 4 is 17.7 Å². The summed E-state index contributed by atoms with van der Waals surface area (Å²) in [6.07, 6.45) is 0.145. The summed E-state index contributed by atoms with van der Waals surface area (Å²) in [6, 6.07) is 10.2. The fourth-order valence-corrected chi connectivity index (χ4v) is 3.26. The summed E-state index contributed by atoms with van der Waals surface area (Å²) in [4.78, 5) is 16.8. The van der Waals surface area contributed by atoms with Crippen molar-refractivity contribution < 1.29 is 36.7 Å². The Balaban J connectivity index is 1.50. The maximum atomic E-state index is 12.9. The average Bonchev–Trinajstić information content (AvgIpc) is 3.23. The van der Waals surface area contributed by atoms with Crippen molar-refractivity contribution in [2.75, 3.05) is 12.9 Å². The topological polar surface area (TPSA) is 83.7 Å². The van der Waals surface area contributed by atoms with Crippen LogP contribution in [-0.2, 0) is 16.1 Å². The highest BCUT2D eigenvalue weighted by molar-refractivity contribution is 7.99. The minimum absolute atomic E-state index is 0.0708. The highest BCUT2D eigenvalue weighted by Gasteiger charge is 2.15. The van der Waals surface area contributed by atoms with E-state index in [9.17, 15) is 18.0 Å². The lowest BCUT2D eigenvalue weighted by atomic mass is 10.2. The minimum Gasteiger partial charge on any atom is -0.493 e. The Morgan fingerprint density at radius 2 is 1.94 bits per heavy atom. The molecule has 0 unspecified atom stereocenters. The number of aromatic nitrogens is 2. The molecule has 0 bridgehead atoms. The third-order valence-corrected chi connectivity index (χ3v) is 4.86. The zero-order chi connectivity index (χ0) is 22.2. The summed E-state index contributed by atoms with van der Waals surface area (Å²) in [6.45, 7) is -3.20. The molecule has 0 aliphatic heterocycles. The fourth-order valence-electron chi connectivity index (χ4n) is 2.43. The van der Waals surface area contributed by atoms with E-state index in [1.54, 1.807) is 12.1 Å². The van der Waals surface area contributed by atoms with Gasteiger partial charge in [-0.05, 0) is 42.5 Å². The molecule has 7 nitrogen and oxygen atoms in total. The standard InChI is InChI=1S/C20H17F3N2O5S/c1-27-16-10-12(2-7-15(16)29-20(22)23)19-24-17(30-25-19)11-28-18(26)8-9-31-14-5-3-13(21)4-6-14/h2-7,10,20H,8-9,11H2,1H3. The van der Waals surface area contributed by atoms with Crippen molar-refractivity contribution in [3.8, 4) is 22.9 Å². The number of carbonyl (C=O) groups excluding carboxylic acids is 1. The number of rotatable bonds is 10. The lowest BCUT2D eigenvalue weighted by molar-refractivity contribution is -0.145. The van der Waals surface area contributed by atoms with E-state index in [1.165, 1.54) is 49.2 Å². The first-order valence-corrected chi connectivity index (χ1v) is 9.93. The van der Waals surface area contributed by atoms with Crippen LogP contribution in [0, 0.1) is 5.82 Å². The van der Waals surface area contributed by atoms with Crippen LogP contribution in [0.5, 0.6) is 11.5 Å². The number of nitrogens with zero attached hydrogens (tertiary/aromatic N) is 2. The number of halogens is 3. The predicted molar refractivity (Wildman–Crippen MR) is 104 cm³/mol. The summed E-state index contributed by atoms with van der Waals surface area (Å²) in [5, 5.41) is 3.78. The van der Waals surface area contributed by atoms with Gasteiger partial charge in [0.05, 0.1) is 13.5 Å². The smallest absolute Gasteiger partial charge is 0.387 e. The van der Waals surface area contributed by atoms with E-state index in [4.69, 9.17) is 14.0 Å². The molecule has 0 fully saturated rings. The molecule has 0 atom stereocenters. The van der Waals surface area contributed by atoms with Crippen LogP contribution in [0.15, 0.2) is 51.9 Å². The van der Waals surface area contributed by atoms with E-state index >= 15 is 0 Å². The first-order chi connectivity index (χ1) is 14.9. The van der Waals surface area contributed by atoms with Crippen LogP contribution in [0.25, 0.3) is 11.4 Å². The molecule has 0 saturated heterocycles. The Bertz CT molecular complexity index is 1010. The quantitative estimate of drug-likeness (QED) is 0.322. The molecule has 31 heavy (non-hydrogen) atoms. The van der Waals surface area contributed by atoms with Gasteiger partial charge in [-0.1, -0.05) is 5.16 Å². The van der Waals surface area contributed by atoms with Gasteiger partial charge >= 0.3 is 12.6 Å². The first kappa shape index (κ1) is 22.5. The van der Waals surface area contributed by atoms with Crippen LogP contribution >= 0.6 is 11.8 Å². The summed E-state index contributed by atoms with van der Waals surface area (Å²) in [7, 11) is 1.31. The number of methoxy groups -OCH3 is 1. The molecular weight excluding hydrogens is 437 g/mol. The van der Waals surface area contributed by atoms with Crippen molar-refractivity contribution in [1.29, 1.82) is 0 Å². The summed E-state index contributed by atoms with van der Waals surface area (Å²) < 4.78 is 57.3. The molecule has 0 amide bonds. The minimum atomic E-state index is -2.99. The van der Waals surface area contributed by atoms with E-state index in [0.29, 0.717) is 11.3 Å². The van der Waals surface area contributed by atoms with Gasteiger partial charge in [0.1, 0.15) is 5.82 Å². The Morgan fingerprint density at radius 1 is 1.16 bits per heavy atom. The Hall–Kier alpha value is -3.21. The van der Waals surface area contributed by atoms with E-state index in [1.807, 2.05) is 0 Å². The first-order valence-electron chi connectivity index (χ1n) is 8.94.